The molecular weight excluding hydrogens is 422 g/mol. The molecule has 0 saturated carbocycles. The van der Waals surface area contributed by atoms with Gasteiger partial charge in [-0.2, -0.15) is 11.8 Å². The highest BCUT2D eigenvalue weighted by molar-refractivity contribution is 7.98. The van der Waals surface area contributed by atoms with Gasteiger partial charge in [0.15, 0.2) is 0 Å². The van der Waals surface area contributed by atoms with Crippen molar-refractivity contribution in [1.29, 1.82) is 0 Å². The summed E-state index contributed by atoms with van der Waals surface area (Å²) in [5, 5.41) is 5.20. The summed E-state index contributed by atoms with van der Waals surface area (Å²) < 4.78 is 4.87. The van der Waals surface area contributed by atoms with Crippen molar-refractivity contribution in [2.75, 3.05) is 32.2 Å². The molecule has 2 unspecified atom stereocenters. The van der Waals surface area contributed by atoms with E-state index in [2.05, 4.69) is 48.3 Å². The first kappa shape index (κ1) is 26.2. The highest BCUT2D eigenvalue weighted by atomic mass is 32.2. The van der Waals surface area contributed by atoms with Gasteiger partial charge in [-0.15, -0.1) is 0 Å². The predicted octanol–water partition coefficient (Wildman–Crippen LogP) is 3.43. The Labute approximate surface area is 196 Å². The fraction of sp³-hybridized carbons (Fsp3) is 0.520. The Kier molecular flexibility index (Phi) is 11.0. The van der Waals surface area contributed by atoms with Crippen LogP contribution in [0.1, 0.15) is 32.3 Å². The van der Waals surface area contributed by atoms with Gasteiger partial charge in [-0.05, 0) is 47.1 Å². The summed E-state index contributed by atoms with van der Waals surface area (Å²) in [5.41, 5.74) is 7.56. The number of carbonyl (C=O) groups is 2. The molecule has 32 heavy (non-hydrogen) atoms. The molecule has 3 N–H and O–H groups in total. The van der Waals surface area contributed by atoms with E-state index in [9.17, 15) is 9.59 Å². The lowest BCUT2D eigenvalue weighted by Crippen LogP contribution is -2.48. The summed E-state index contributed by atoms with van der Waals surface area (Å²) >= 11 is 1.63. The minimum atomic E-state index is -0.635. The van der Waals surface area contributed by atoms with E-state index in [1.807, 2.05) is 24.5 Å². The average molecular weight is 460 g/mol. The van der Waals surface area contributed by atoms with E-state index in [0.29, 0.717) is 25.4 Å². The first-order valence-corrected chi connectivity index (χ1v) is 12.5. The number of hydrogen-bond donors (Lipinski definition) is 2. The molecule has 0 heterocycles. The second kappa shape index (κ2) is 13.5. The van der Waals surface area contributed by atoms with Crippen molar-refractivity contribution in [2.24, 2.45) is 11.7 Å². The van der Waals surface area contributed by atoms with Crippen LogP contribution in [0.15, 0.2) is 42.5 Å². The zero-order valence-electron chi connectivity index (χ0n) is 19.7. The molecule has 0 fully saturated rings. The Hall–Kier alpha value is -2.09. The van der Waals surface area contributed by atoms with Crippen LogP contribution in [0.4, 0.5) is 0 Å². The summed E-state index contributed by atoms with van der Waals surface area (Å²) in [4.78, 5) is 27.1. The summed E-state index contributed by atoms with van der Waals surface area (Å²) in [7, 11) is 1.35. The van der Waals surface area contributed by atoms with Crippen LogP contribution in [0.5, 0.6) is 0 Å². The maximum absolute atomic E-state index is 12.9. The molecule has 0 bridgehead atoms. The highest BCUT2D eigenvalue weighted by Crippen LogP contribution is 2.20. The van der Waals surface area contributed by atoms with Crippen LogP contribution in [-0.2, 0) is 20.9 Å². The molecule has 2 rings (SSSR count). The van der Waals surface area contributed by atoms with E-state index >= 15 is 0 Å². The predicted molar refractivity (Wildman–Crippen MR) is 134 cm³/mol. The van der Waals surface area contributed by atoms with Gasteiger partial charge in [0.2, 0.25) is 5.91 Å². The van der Waals surface area contributed by atoms with Crippen LogP contribution < -0.4 is 11.1 Å². The minimum absolute atomic E-state index is 0.0364. The van der Waals surface area contributed by atoms with Crippen LogP contribution in [-0.4, -0.2) is 61.1 Å². The molecule has 0 radical (unpaired) electrons. The number of carbonyl (C=O) groups excluding carboxylic acids is 2. The summed E-state index contributed by atoms with van der Waals surface area (Å²) in [5.74, 6) is 0.635. The Morgan fingerprint density at radius 1 is 1.16 bits per heavy atom. The quantitative estimate of drug-likeness (QED) is 0.447. The second-order valence-electron chi connectivity index (χ2n) is 8.62. The third-order valence-electron chi connectivity index (χ3n) is 5.34. The average Bonchev–Trinajstić information content (AvgIpc) is 2.75. The maximum Gasteiger partial charge on any atom is 0.328 e. The number of amides is 1. The van der Waals surface area contributed by atoms with Gasteiger partial charge in [-0.3, -0.25) is 9.69 Å². The van der Waals surface area contributed by atoms with Crippen molar-refractivity contribution >= 4 is 34.4 Å². The van der Waals surface area contributed by atoms with Crippen LogP contribution in [0.25, 0.3) is 10.8 Å². The Morgan fingerprint density at radius 2 is 1.88 bits per heavy atom. The lowest BCUT2D eigenvalue weighted by Gasteiger charge is -2.27. The molecular formula is C25H37N3O3S. The third-order valence-corrected chi connectivity index (χ3v) is 5.98. The van der Waals surface area contributed by atoms with Crippen LogP contribution in [0, 0.1) is 5.92 Å². The molecule has 0 spiro atoms. The first-order chi connectivity index (χ1) is 15.3. The van der Waals surface area contributed by atoms with Crippen molar-refractivity contribution in [3.8, 4) is 0 Å². The molecule has 0 aromatic heterocycles. The molecule has 2 atom stereocenters. The van der Waals surface area contributed by atoms with Gasteiger partial charge in [-0.25, -0.2) is 4.79 Å². The molecule has 2 aromatic carbocycles. The molecule has 7 heteroatoms. The number of nitrogens with one attached hydrogen (secondary N) is 1. The zero-order chi connectivity index (χ0) is 23.5. The molecule has 0 aliphatic carbocycles. The summed E-state index contributed by atoms with van der Waals surface area (Å²) in [6.07, 6.45) is 3.39. The van der Waals surface area contributed by atoms with Crippen molar-refractivity contribution in [2.45, 2.75) is 45.3 Å². The minimum Gasteiger partial charge on any atom is -0.467 e. The van der Waals surface area contributed by atoms with Gasteiger partial charge in [0, 0.05) is 19.1 Å². The summed E-state index contributed by atoms with van der Waals surface area (Å²) in [6.45, 7) is 5.67. The molecule has 0 saturated heterocycles. The zero-order valence-corrected chi connectivity index (χ0v) is 20.5. The lowest BCUT2D eigenvalue weighted by molar-refractivity contribution is -0.145. The van der Waals surface area contributed by atoms with Gasteiger partial charge in [-0.1, -0.05) is 56.3 Å². The van der Waals surface area contributed by atoms with E-state index in [1.165, 1.54) is 17.9 Å². The Balaban J connectivity index is 2.16. The Bertz CT molecular complexity index is 869. The monoisotopic (exact) mass is 459 g/mol. The summed E-state index contributed by atoms with van der Waals surface area (Å²) in [6, 6.07) is 13.8. The van der Waals surface area contributed by atoms with E-state index in [0.717, 1.165) is 17.7 Å². The molecule has 0 aliphatic heterocycles. The van der Waals surface area contributed by atoms with Crippen molar-refractivity contribution in [3.63, 3.8) is 0 Å². The van der Waals surface area contributed by atoms with E-state index in [1.54, 1.807) is 11.8 Å². The number of nitrogens with two attached hydrogens (primary N) is 1. The molecule has 1 amide bonds. The van der Waals surface area contributed by atoms with Gasteiger partial charge in [0.05, 0.1) is 13.7 Å². The first-order valence-electron chi connectivity index (χ1n) is 11.1. The van der Waals surface area contributed by atoms with Crippen LogP contribution in [0.3, 0.4) is 0 Å². The second-order valence-corrected chi connectivity index (χ2v) is 9.61. The van der Waals surface area contributed by atoms with Crippen molar-refractivity contribution in [1.82, 2.24) is 10.2 Å². The van der Waals surface area contributed by atoms with Gasteiger partial charge in [0.25, 0.3) is 0 Å². The van der Waals surface area contributed by atoms with E-state index < -0.39 is 12.0 Å². The SMILES string of the molecule is COC(=O)C(CCSC)NC(=O)CN(Cc1cccc2ccccc12)CC(N)CC(C)C. The number of ether oxygens (including phenoxy) is 1. The molecule has 176 valence electrons. The number of benzene rings is 2. The van der Waals surface area contributed by atoms with Gasteiger partial charge in [0.1, 0.15) is 6.04 Å². The van der Waals surface area contributed by atoms with Crippen LogP contribution in [0.2, 0.25) is 0 Å². The normalized spacial score (nSPS) is 13.3. The molecule has 0 aliphatic rings. The van der Waals surface area contributed by atoms with E-state index in [-0.39, 0.29) is 18.5 Å². The fourth-order valence-corrected chi connectivity index (χ4v) is 4.41. The topological polar surface area (TPSA) is 84.7 Å². The number of nitrogens with zero attached hydrogens (tertiary/aromatic N) is 1. The smallest absolute Gasteiger partial charge is 0.328 e. The van der Waals surface area contributed by atoms with Crippen LogP contribution >= 0.6 is 11.8 Å². The number of fused-ring (bicyclic) bond motifs is 1. The number of thioether (sulfide) groups is 1. The standard InChI is InChI=1S/C25H37N3O3S/c1-18(2)14-21(26)16-28(15-20-10-7-9-19-8-5-6-11-22(19)20)17-24(29)27-23(12-13-32-4)25(30)31-3/h5-11,18,21,23H,12-17,26H2,1-4H3,(H,27,29). The third kappa shape index (κ3) is 8.45. The molecule has 6 nitrogen and oxygen atoms in total. The van der Waals surface area contributed by atoms with Gasteiger partial charge >= 0.3 is 5.97 Å². The maximum atomic E-state index is 12.9. The largest absolute Gasteiger partial charge is 0.467 e. The number of methoxy groups -OCH3 is 1. The van der Waals surface area contributed by atoms with Crippen molar-refractivity contribution in [3.05, 3.63) is 48.0 Å². The highest BCUT2D eigenvalue weighted by Gasteiger charge is 2.23. The number of rotatable bonds is 13. The van der Waals surface area contributed by atoms with Gasteiger partial charge < -0.3 is 15.8 Å². The number of hydrogen-bond acceptors (Lipinski definition) is 6. The fourth-order valence-electron chi connectivity index (χ4n) is 3.94. The lowest BCUT2D eigenvalue weighted by atomic mass is 10.0. The van der Waals surface area contributed by atoms with E-state index in [4.69, 9.17) is 10.5 Å². The number of esters is 1. The van der Waals surface area contributed by atoms with Crippen molar-refractivity contribution < 1.29 is 14.3 Å². The Morgan fingerprint density at radius 3 is 2.56 bits per heavy atom. The molecule has 2 aromatic rings.